The van der Waals surface area contributed by atoms with Crippen molar-refractivity contribution in [1.82, 2.24) is 29.8 Å². The van der Waals surface area contributed by atoms with Crippen LogP contribution in [-0.2, 0) is 0 Å². The summed E-state index contributed by atoms with van der Waals surface area (Å²) < 4.78 is 6.73. The fourth-order valence-corrected chi connectivity index (χ4v) is 4.30. The van der Waals surface area contributed by atoms with Crippen LogP contribution in [0.3, 0.4) is 0 Å². The summed E-state index contributed by atoms with van der Waals surface area (Å²) in [5.74, 6) is 1.58. The lowest BCUT2D eigenvalue weighted by Gasteiger charge is -2.13. The van der Waals surface area contributed by atoms with Crippen LogP contribution < -0.4 is 15.6 Å². The molecule has 9 nitrogen and oxygen atoms in total. The molecular formula is C28H21N7O2. The molecule has 9 heteroatoms. The zero-order valence-corrected chi connectivity index (χ0v) is 19.8. The van der Waals surface area contributed by atoms with Crippen LogP contribution in [0.25, 0.3) is 39.2 Å². The van der Waals surface area contributed by atoms with Crippen LogP contribution in [0.5, 0.6) is 5.75 Å². The number of methoxy groups -OCH3 is 1. The second kappa shape index (κ2) is 9.38. The lowest BCUT2D eigenvalue weighted by atomic mass is 10.0. The molecule has 0 radical (unpaired) electrons. The molecule has 37 heavy (non-hydrogen) atoms. The first-order chi connectivity index (χ1) is 18.2. The average molecular weight is 488 g/mol. The molecule has 6 rings (SSSR count). The lowest BCUT2D eigenvalue weighted by Crippen LogP contribution is -2.20. The number of nitrogens with one attached hydrogen (secondary N) is 2. The fourth-order valence-electron chi connectivity index (χ4n) is 4.30. The summed E-state index contributed by atoms with van der Waals surface area (Å²) in [7, 11) is 1.60. The standard InChI is InChI=1S/C28H21N7O2/c1-37-21-14-12-19(13-15-21)24-26(32-22-16-30-31-17-29-22)33-27-23(18-8-4-2-5-9-18)25(34-35(27)28(24)36)20-10-6-3-7-11-20/h2-17,33H,1H3,(H,29,31,32). The first-order valence-corrected chi connectivity index (χ1v) is 11.6. The summed E-state index contributed by atoms with van der Waals surface area (Å²) in [5.41, 5.74) is 4.69. The molecule has 3 aromatic heterocycles. The highest BCUT2D eigenvalue weighted by Gasteiger charge is 2.23. The topological polar surface area (TPSA) is 110 Å². The Kier molecular flexibility index (Phi) is 5.62. The van der Waals surface area contributed by atoms with Crippen LogP contribution >= 0.6 is 0 Å². The van der Waals surface area contributed by atoms with Crippen LogP contribution in [0.4, 0.5) is 11.6 Å². The first-order valence-electron chi connectivity index (χ1n) is 11.6. The van der Waals surface area contributed by atoms with Gasteiger partial charge < -0.3 is 15.0 Å². The Labute approximate surface area is 211 Å². The molecule has 0 spiro atoms. The van der Waals surface area contributed by atoms with Gasteiger partial charge in [0.05, 0.1) is 24.4 Å². The number of ether oxygens (including phenoxy) is 1. The van der Waals surface area contributed by atoms with Crippen molar-refractivity contribution in [3.63, 3.8) is 0 Å². The summed E-state index contributed by atoms with van der Waals surface area (Å²) in [5, 5.41) is 15.7. The van der Waals surface area contributed by atoms with Gasteiger partial charge in [-0.1, -0.05) is 72.8 Å². The van der Waals surface area contributed by atoms with Gasteiger partial charge in [-0.2, -0.15) is 14.7 Å². The van der Waals surface area contributed by atoms with Crippen LogP contribution in [-0.4, -0.2) is 36.9 Å². The van der Waals surface area contributed by atoms with E-state index in [1.165, 1.54) is 17.0 Å². The summed E-state index contributed by atoms with van der Waals surface area (Å²) in [6.45, 7) is 0. The van der Waals surface area contributed by atoms with E-state index in [9.17, 15) is 4.79 Å². The van der Waals surface area contributed by atoms with E-state index >= 15 is 0 Å². The minimum absolute atomic E-state index is 0.289. The minimum atomic E-state index is -0.289. The number of rotatable bonds is 6. The number of aromatic amines is 1. The van der Waals surface area contributed by atoms with Crippen molar-refractivity contribution in [2.75, 3.05) is 12.4 Å². The summed E-state index contributed by atoms with van der Waals surface area (Å²) in [6.07, 6.45) is 2.83. The molecule has 0 amide bonds. The van der Waals surface area contributed by atoms with Crippen molar-refractivity contribution in [1.29, 1.82) is 0 Å². The molecule has 6 aromatic rings. The molecule has 3 aromatic carbocycles. The number of nitrogens with zero attached hydrogens (tertiary/aromatic N) is 5. The Balaban J connectivity index is 1.67. The fraction of sp³-hybridized carbons (Fsp3) is 0.0357. The van der Waals surface area contributed by atoms with Gasteiger partial charge in [0.2, 0.25) is 0 Å². The van der Waals surface area contributed by atoms with E-state index in [-0.39, 0.29) is 5.56 Å². The van der Waals surface area contributed by atoms with E-state index in [4.69, 9.17) is 9.84 Å². The monoisotopic (exact) mass is 487 g/mol. The van der Waals surface area contributed by atoms with Crippen molar-refractivity contribution in [3.8, 4) is 39.3 Å². The van der Waals surface area contributed by atoms with E-state index in [2.05, 4.69) is 25.5 Å². The SMILES string of the molecule is COc1ccc(-c2c(Nc3cnncn3)[nH]c3c(-c4ccccc4)c(-c4ccccc4)nn3c2=O)cc1. The Hall–Kier alpha value is -5.31. The third-order valence-electron chi connectivity index (χ3n) is 6.02. The zero-order chi connectivity index (χ0) is 25.2. The van der Waals surface area contributed by atoms with Gasteiger partial charge in [0.15, 0.2) is 5.82 Å². The molecule has 0 bridgehead atoms. The predicted octanol–water partition coefficient (Wildman–Crippen LogP) is 4.96. The maximum absolute atomic E-state index is 14.1. The number of benzene rings is 3. The van der Waals surface area contributed by atoms with Crippen LogP contribution in [0.15, 0.2) is 102 Å². The summed E-state index contributed by atoms with van der Waals surface area (Å²) >= 11 is 0. The van der Waals surface area contributed by atoms with Crippen LogP contribution in [0.1, 0.15) is 0 Å². The number of anilines is 2. The quantitative estimate of drug-likeness (QED) is 0.342. The largest absolute Gasteiger partial charge is 0.497 e. The van der Waals surface area contributed by atoms with Gasteiger partial charge in [-0.05, 0) is 23.3 Å². The zero-order valence-electron chi connectivity index (χ0n) is 19.8. The predicted molar refractivity (Wildman–Crippen MR) is 142 cm³/mol. The molecule has 3 heterocycles. The second-order valence-corrected chi connectivity index (χ2v) is 8.24. The Morgan fingerprint density at radius 1 is 0.811 bits per heavy atom. The van der Waals surface area contributed by atoms with Gasteiger partial charge in [-0.3, -0.25) is 4.79 Å². The highest BCUT2D eigenvalue weighted by Crippen LogP contribution is 2.36. The number of hydrogen-bond acceptors (Lipinski definition) is 7. The maximum atomic E-state index is 14.1. The maximum Gasteiger partial charge on any atom is 0.284 e. The smallest absolute Gasteiger partial charge is 0.284 e. The molecule has 0 aliphatic heterocycles. The van der Waals surface area contributed by atoms with Gasteiger partial charge in [0.1, 0.15) is 29.2 Å². The second-order valence-electron chi connectivity index (χ2n) is 8.24. The average Bonchev–Trinajstić information content (AvgIpc) is 3.35. The van der Waals surface area contributed by atoms with Gasteiger partial charge in [0, 0.05) is 5.56 Å². The van der Waals surface area contributed by atoms with Crippen LogP contribution in [0, 0.1) is 0 Å². The third kappa shape index (κ3) is 4.08. The molecule has 0 fully saturated rings. The number of fused-ring (bicyclic) bond motifs is 1. The highest BCUT2D eigenvalue weighted by atomic mass is 16.5. The van der Waals surface area contributed by atoms with Crippen molar-refractivity contribution in [3.05, 3.63) is 108 Å². The molecular weight excluding hydrogens is 466 g/mol. The molecule has 0 saturated heterocycles. The molecule has 0 saturated carbocycles. The van der Waals surface area contributed by atoms with Gasteiger partial charge in [-0.15, -0.1) is 5.10 Å². The van der Waals surface area contributed by atoms with Crippen molar-refractivity contribution in [2.24, 2.45) is 0 Å². The molecule has 0 unspecified atom stereocenters. The normalized spacial score (nSPS) is 10.9. The molecule has 2 N–H and O–H groups in total. The highest BCUT2D eigenvalue weighted by molar-refractivity contribution is 5.92. The number of H-pyrrole nitrogens is 1. The van der Waals surface area contributed by atoms with Crippen molar-refractivity contribution < 1.29 is 4.74 Å². The van der Waals surface area contributed by atoms with Crippen molar-refractivity contribution >= 4 is 17.3 Å². The van der Waals surface area contributed by atoms with E-state index in [1.807, 2.05) is 84.9 Å². The summed E-state index contributed by atoms with van der Waals surface area (Å²) in [6, 6.07) is 27.0. The van der Waals surface area contributed by atoms with Gasteiger partial charge >= 0.3 is 0 Å². The molecule has 0 aliphatic carbocycles. The number of hydrogen-bond donors (Lipinski definition) is 2. The molecule has 0 aliphatic rings. The lowest BCUT2D eigenvalue weighted by molar-refractivity contribution is 0.415. The van der Waals surface area contributed by atoms with E-state index in [0.717, 1.165) is 16.7 Å². The van der Waals surface area contributed by atoms with E-state index in [0.29, 0.717) is 39.9 Å². The summed E-state index contributed by atoms with van der Waals surface area (Å²) in [4.78, 5) is 21.8. The third-order valence-corrected chi connectivity index (χ3v) is 6.02. The van der Waals surface area contributed by atoms with E-state index in [1.54, 1.807) is 7.11 Å². The first kappa shape index (κ1) is 22.2. The van der Waals surface area contributed by atoms with Gasteiger partial charge in [-0.25, -0.2) is 4.98 Å². The van der Waals surface area contributed by atoms with Crippen LogP contribution in [0.2, 0.25) is 0 Å². The number of aromatic nitrogens is 6. The van der Waals surface area contributed by atoms with Gasteiger partial charge in [0.25, 0.3) is 5.56 Å². The Bertz CT molecular complexity index is 1730. The van der Waals surface area contributed by atoms with Crippen molar-refractivity contribution in [2.45, 2.75) is 0 Å². The molecule has 180 valence electrons. The minimum Gasteiger partial charge on any atom is -0.497 e. The Morgan fingerprint density at radius 2 is 1.49 bits per heavy atom. The Morgan fingerprint density at radius 3 is 2.14 bits per heavy atom. The van der Waals surface area contributed by atoms with E-state index < -0.39 is 0 Å². The molecule has 0 atom stereocenters.